The van der Waals surface area contributed by atoms with Crippen molar-refractivity contribution in [1.29, 1.82) is 0 Å². The van der Waals surface area contributed by atoms with Crippen LogP contribution >= 0.6 is 0 Å². The summed E-state index contributed by atoms with van der Waals surface area (Å²) in [5.74, 6) is 0. The van der Waals surface area contributed by atoms with Gasteiger partial charge in [-0.3, -0.25) is 0 Å². The first-order valence-electron chi connectivity index (χ1n) is 7.76. The maximum absolute atomic E-state index is 2.36. The van der Waals surface area contributed by atoms with Crippen LogP contribution < -0.4 is 10.1 Å². The summed E-state index contributed by atoms with van der Waals surface area (Å²) in [4.78, 5) is 2.30. The van der Waals surface area contributed by atoms with Gasteiger partial charge in [0.2, 0.25) is 0 Å². The highest BCUT2D eigenvalue weighted by molar-refractivity contribution is 6.70. The van der Waals surface area contributed by atoms with E-state index in [2.05, 4.69) is 103 Å². The van der Waals surface area contributed by atoms with Crippen molar-refractivity contribution >= 4 is 31.0 Å². The van der Waals surface area contributed by atoms with Gasteiger partial charge < -0.3 is 4.90 Å². The molecule has 110 valence electrons. The van der Waals surface area contributed by atoms with E-state index < -0.39 is 8.80 Å². The van der Waals surface area contributed by atoms with E-state index in [1.165, 1.54) is 22.2 Å². The highest BCUT2D eigenvalue weighted by Crippen LogP contribution is 2.33. The smallest absolute Gasteiger partial charge is 0.0647 e. The van der Waals surface area contributed by atoms with Gasteiger partial charge in [-0.05, 0) is 36.4 Å². The number of benzene rings is 3. The molecule has 0 atom stereocenters. The molecule has 0 saturated carbocycles. The molecule has 0 aliphatic carbocycles. The Morgan fingerprint density at radius 3 is 1.36 bits per heavy atom. The fourth-order valence-electron chi connectivity index (χ4n) is 2.61. The van der Waals surface area contributed by atoms with Crippen LogP contribution in [0.2, 0.25) is 13.1 Å². The summed E-state index contributed by atoms with van der Waals surface area (Å²) in [5, 5.41) is 1.50. The monoisotopic (exact) mass is 303 g/mol. The van der Waals surface area contributed by atoms with Gasteiger partial charge in [-0.1, -0.05) is 66.8 Å². The maximum atomic E-state index is 2.36. The minimum Gasteiger partial charge on any atom is -0.311 e. The first kappa shape index (κ1) is 14.6. The molecule has 1 nitrogen and oxygen atoms in total. The molecule has 0 N–H and O–H groups in total. The molecule has 0 spiro atoms. The van der Waals surface area contributed by atoms with Crippen molar-refractivity contribution in [3.8, 4) is 0 Å². The van der Waals surface area contributed by atoms with Crippen LogP contribution in [-0.4, -0.2) is 8.80 Å². The topological polar surface area (TPSA) is 3.24 Å². The van der Waals surface area contributed by atoms with Gasteiger partial charge >= 0.3 is 0 Å². The number of para-hydroxylation sites is 2. The summed E-state index contributed by atoms with van der Waals surface area (Å²) >= 11 is 0. The molecule has 0 radical (unpaired) electrons. The van der Waals surface area contributed by atoms with Crippen LogP contribution in [-0.2, 0) is 0 Å². The lowest BCUT2D eigenvalue weighted by Crippen LogP contribution is -2.22. The second-order valence-electron chi connectivity index (χ2n) is 5.75. The summed E-state index contributed by atoms with van der Waals surface area (Å²) < 4.78 is 0. The molecule has 0 unspecified atom stereocenters. The largest absolute Gasteiger partial charge is 0.311 e. The van der Waals surface area contributed by atoms with Crippen molar-refractivity contribution in [3.05, 3.63) is 84.9 Å². The van der Waals surface area contributed by atoms with Gasteiger partial charge in [0, 0.05) is 17.1 Å². The zero-order valence-electron chi connectivity index (χ0n) is 13.1. The molecular weight excluding hydrogens is 282 g/mol. The van der Waals surface area contributed by atoms with Crippen LogP contribution in [0.3, 0.4) is 0 Å². The minimum atomic E-state index is -0.747. The van der Waals surface area contributed by atoms with Gasteiger partial charge in [0.05, 0.1) is 8.80 Å². The maximum Gasteiger partial charge on any atom is 0.0647 e. The van der Waals surface area contributed by atoms with Gasteiger partial charge in [0.1, 0.15) is 0 Å². The predicted octanol–water partition coefficient (Wildman–Crippen LogP) is 4.85. The van der Waals surface area contributed by atoms with E-state index in [0.29, 0.717) is 0 Å². The Hall–Kier alpha value is -2.32. The van der Waals surface area contributed by atoms with E-state index in [0.717, 1.165) is 0 Å². The van der Waals surface area contributed by atoms with E-state index >= 15 is 0 Å². The Kier molecular flexibility index (Phi) is 4.40. The Morgan fingerprint density at radius 2 is 0.955 bits per heavy atom. The lowest BCUT2D eigenvalue weighted by atomic mass is 10.2. The number of hydrogen-bond acceptors (Lipinski definition) is 1. The van der Waals surface area contributed by atoms with E-state index in [1.54, 1.807) is 0 Å². The summed E-state index contributed by atoms with van der Waals surface area (Å²) in [6, 6.07) is 30.1. The molecule has 0 aliphatic heterocycles. The highest BCUT2D eigenvalue weighted by Gasteiger charge is 2.11. The molecule has 0 fully saturated rings. The van der Waals surface area contributed by atoms with Crippen molar-refractivity contribution in [1.82, 2.24) is 0 Å². The third kappa shape index (κ3) is 3.12. The molecule has 0 saturated heterocycles. The van der Waals surface area contributed by atoms with Gasteiger partial charge in [0.15, 0.2) is 0 Å². The van der Waals surface area contributed by atoms with Gasteiger partial charge in [-0.15, -0.1) is 0 Å². The number of anilines is 3. The van der Waals surface area contributed by atoms with Crippen LogP contribution in [0.5, 0.6) is 0 Å². The summed E-state index contributed by atoms with van der Waals surface area (Å²) in [5.41, 5.74) is 3.57. The molecule has 0 heterocycles. The number of nitrogens with zero attached hydrogens (tertiary/aromatic N) is 1. The summed E-state index contributed by atoms with van der Waals surface area (Å²) in [6.07, 6.45) is 0. The third-order valence-electron chi connectivity index (χ3n) is 3.85. The quantitative estimate of drug-likeness (QED) is 0.623. The molecule has 0 aromatic heterocycles. The number of hydrogen-bond donors (Lipinski definition) is 0. The van der Waals surface area contributed by atoms with E-state index in [9.17, 15) is 0 Å². The lowest BCUT2D eigenvalue weighted by molar-refractivity contribution is 1.28. The van der Waals surface area contributed by atoms with Crippen LogP contribution in [0, 0.1) is 0 Å². The SMILES string of the molecule is C[SiH](C)c1ccc(N(c2ccccc2)c2ccccc2)cc1. The fourth-order valence-corrected chi connectivity index (χ4v) is 3.57. The molecule has 3 rings (SSSR count). The van der Waals surface area contributed by atoms with E-state index in [1.807, 2.05) is 0 Å². The normalized spacial score (nSPS) is 10.7. The second-order valence-corrected chi connectivity index (χ2v) is 8.73. The molecule has 0 aliphatic rings. The predicted molar refractivity (Wildman–Crippen MR) is 99.6 cm³/mol. The zero-order valence-corrected chi connectivity index (χ0v) is 14.3. The first-order valence-corrected chi connectivity index (χ1v) is 10.6. The fraction of sp³-hybridized carbons (Fsp3) is 0.100. The zero-order chi connectivity index (χ0) is 15.4. The second kappa shape index (κ2) is 6.63. The van der Waals surface area contributed by atoms with E-state index in [4.69, 9.17) is 0 Å². The third-order valence-corrected chi connectivity index (χ3v) is 5.56. The van der Waals surface area contributed by atoms with Crippen LogP contribution in [0.1, 0.15) is 0 Å². The van der Waals surface area contributed by atoms with Crippen LogP contribution in [0.25, 0.3) is 0 Å². The lowest BCUT2D eigenvalue weighted by Gasteiger charge is -2.25. The molecule has 22 heavy (non-hydrogen) atoms. The van der Waals surface area contributed by atoms with Crippen molar-refractivity contribution < 1.29 is 0 Å². The molecular formula is C20H21NSi. The average molecular weight is 303 g/mol. The summed E-state index contributed by atoms with van der Waals surface area (Å²) in [7, 11) is -0.747. The molecule has 3 aromatic rings. The highest BCUT2D eigenvalue weighted by atomic mass is 28.3. The van der Waals surface area contributed by atoms with Crippen molar-refractivity contribution in [2.24, 2.45) is 0 Å². The molecule has 2 heteroatoms. The van der Waals surface area contributed by atoms with Crippen molar-refractivity contribution in [3.63, 3.8) is 0 Å². The standard InChI is InChI=1S/C20H21NSi/c1-22(2)20-15-13-19(14-16-20)21(17-9-5-3-6-10-17)18-11-7-4-8-12-18/h3-16,22H,1-2H3. The van der Waals surface area contributed by atoms with Gasteiger partial charge in [-0.2, -0.15) is 0 Å². The number of rotatable bonds is 4. The molecule has 3 aromatic carbocycles. The van der Waals surface area contributed by atoms with E-state index in [-0.39, 0.29) is 0 Å². The Morgan fingerprint density at radius 1 is 0.545 bits per heavy atom. The van der Waals surface area contributed by atoms with Gasteiger partial charge in [-0.25, -0.2) is 0 Å². The Bertz CT molecular complexity index is 666. The van der Waals surface area contributed by atoms with Crippen molar-refractivity contribution in [2.45, 2.75) is 13.1 Å². The average Bonchev–Trinajstić information content (AvgIpc) is 2.57. The Balaban J connectivity index is 2.06. The van der Waals surface area contributed by atoms with Gasteiger partial charge in [0.25, 0.3) is 0 Å². The molecule has 0 bridgehead atoms. The minimum absolute atomic E-state index is 0.747. The first-order chi connectivity index (χ1) is 10.8. The van der Waals surface area contributed by atoms with Crippen molar-refractivity contribution in [2.75, 3.05) is 4.90 Å². The van der Waals surface area contributed by atoms with Crippen LogP contribution in [0.4, 0.5) is 17.1 Å². The van der Waals surface area contributed by atoms with Crippen LogP contribution in [0.15, 0.2) is 84.9 Å². The summed E-state index contributed by atoms with van der Waals surface area (Å²) in [6.45, 7) is 4.72. The Labute approximate surface area is 134 Å². The molecule has 0 amide bonds.